The van der Waals surface area contributed by atoms with Crippen LogP contribution in [0.15, 0.2) is 23.0 Å². The maximum absolute atomic E-state index is 11.7. The summed E-state index contributed by atoms with van der Waals surface area (Å²) in [6, 6.07) is 4.59. The third-order valence-corrected chi connectivity index (χ3v) is 3.82. The summed E-state index contributed by atoms with van der Waals surface area (Å²) in [5, 5.41) is 2.85. The minimum atomic E-state index is -0.246. The number of hydrogen-bond acceptors (Lipinski definition) is 3. The Balaban J connectivity index is 1.90. The topological polar surface area (TPSA) is 62.0 Å². The standard InChI is InChI=1S/C11H14N2O2S/c14-10-3-1-2-9(13-10)11(15)12-6-8-4-5-16-7-8/h1-3,8H,4-7H2,(H,12,15)(H,13,14). The first-order chi connectivity index (χ1) is 7.75. The molecule has 5 heteroatoms. The molecule has 2 N–H and O–H groups in total. The largest absolute Gasteiger partial charge is 0.350 e. The number of H-pyrrole nitrogens is 1. The molecule has 2 rings (SSSR count). The molecule has 0 saturated carbocycles. The molecule has 2 heterocycles. The first-order valence-corrected chi connectivity index (χ1v) is 6.46. The van der Waals surface area contributed by atoms with Gasteiger partial charge in [-0.15, -0.1) is 0 Å². The Morgan fingerprint density at radius 2 is 2.44 bits per heavy atom. The fourth-order valence-electron chi connectivity index (χ4n) is 1.66. The Morgan fingerprint density at radius 3 is 3.12 bits per heavy atom. The maximum Gasteiger partial charge on any atom is 0.267 e. The molecule has 1 saturated heterocycles. The van der Waals surface area contributed by atoms with Gasteiger partial charge in [0.1, 0.15) is 5.69 Å². The van der Waals surface area contributed by atoms with Crippen LogP contribution in [0.5, 0.6) is 0 Å². The molecule has 86 valence electrons. The molecule has 16 heavy (non-hydrogen) atoms. The van der Waals surface area contributed by atoms with E-state index in [-0.39, 0.29) is 11.5 Å². The summed E-state index contributed by atoms with van der Waals surface area (Å²) in [7, 11) is 0. The van der Waals surface area contributed by atoms with Crippen LogP contribution < -0.4 is 10.9 Å². The molecule has 1 aromatic rings. The molecule has 1 fully saturated rings. The van der Waals surface area contributed by atoms with Crippen LogP contribution in [0.3, 0.4) is 0 Å². The van der Waals surface area contributed by atoms with Gasteiger partial charge in [-0.05, 0) is 29.9 Å². The molecule has 1 aliphatic heterocycles. The van der Waals surface area contributed by atoms with E-state index in [1.807, 2.05) is 11.8 Å². The SMILES string of the molecule is O=C(NCC1CCSC1)c1cccc(=O)[nH]1. The van der Waals surface area contributed by atoms with Gasteiger partial charge in [-0.1, -0.05) is 6.07 Å². The van der Waals surface area contributed by atoms with Crippen LogP contribution >= 0.6 is 11.8 Å². The molecule has 1 amide bonds. The first kappa shape index (κ1) is 11.3. The van der Waals surface area contributed by atoms with E-state index >= 15 is 0 Å². The van der Waals surface area contributed by atoms with Crippen molar-refractivity contribution in [3.8, 4) is 0 Å². The Morgan fingerprint density at radius 1 is 1.56 bits per heavy atom. The van der Waals surface area contributed by atoms with E-state index in [0.29, 0.717) is 18.2 Å². The van der Waals surface area contributed by atoms with Crippen molar-refractivity contribution in [3.63, 3.8) is 0 Å². The van der Waals surface area contributed by atoms with Crippen LogP contribution in [-0.4, -0.2) is 28.9 Å². The lowest BCUT2D eigenvalue weighted by molar-refractivity contribution is 0.0943. The molecule has 0 aliphatic carbocycles. The third-order valence-electron chi connectivity index (χ3n) is 2.59. The normalized spacial score (nSPS) is 19.6. The summed E-state index contributed by atoms with van der Waals surface area (Å²) in [5.74, 6) is 2.67. The number of amides is 1. The van der Waals surface area contributed by atoms with Gasteiger partial charge in [-0.25, -0.2) is 0 Å². The zero-order valence-corrected chi connectivity index (χ0v) is 9.68. The molecule has 1 unspecified atom stereocenters. The second-order valence-corrected chi connectivity index (χ2v) is 5.02. The second-order valence-electron chi connectivity index (χ2n) is 3.87. The molecule has 4 nitrogen and oxygen atoms in total. The molecule has 0 aromatic carbocycles. The van der Waals surface area contributed by atoms with E-state index in [1.54, 1.807) is 12.1 Å². The zero-order valence-electron chi connectivity index (χ0n) is 8.86. The Labute approximate surface area is 97.8 Å². The van der Waals surface area contributed by atoms with Gasteiger partial charge in [0, 0.05) is 12.6 Å². The number of aromatic amines is 1. The fraction of sp³-hybridized carbons (Fsp3) is 0.455. The lowest BCUT2D eigenvalue weighted by atomic mass is 10.1. The minimum Gasteiger partial charge on any atom is -0.350 e. The van der Waals surface area contributed by atoms with Crippen molar-refractivity contribution in [1.82, 2.24) is 10.3 Å². The van der Waals surface area contributed by atoms with Gasteiger partial charge in [-0.3, -0.25) is 9.59 Å². The number of aromatic nitrogens is 1. The van der Waals surface area contributed by atoms with E-state index in [0.717, 1.165) is 12.2 Å². The molecule has 0 radical (unpaired) electrons. The summed E-state index contributed by atoms with van der Waals surface area (Å²) < 4.78 is 0. The van der Waals surface area contributed by atoms with Crippen molar-refractivity contribution in [1.29, 1.82) is 0 Å². The van der Waals surface area contributed by atoms with Gasteiger partial charge in [-0.2, -0.15) is 11.8 Å². The summed E-state index contributed by atoms with van der Waals surface area (Å²) in [6.45, 7) is 0.697. The highest BCUT2D eigenvalue weighted by Crippen LogP contribution is 2.22. The zero-order chi connectivity index (χ0) is 11.4. The predicted molar refractivity (Wildman–Crippen MR) is 64.8 cm³/mol. The number of carbonyl (C=O) groups excluding carboxylic acids is 1. The van der Waals surface area contributed by atoms with Gasteiger partial charge in [0.2, 0.25) is 5.56 Å². The molecule has 1 aliphatic rings. The highest BCUT2D eigenvalue weighted by molar-refractivity contribution is 7.99. The second kappa shape index (κ2) is 5.21. The number of nitrogens with one attached hydrogen (secondary N) is 2. The average molecular weight is 238 g/mol. The van der Waals surface area contributed by atoms with Crippen LogP contribution in [-0.2, 0) is 0 Å². The number of hydrogen-bond donors (Lipinski definition) is 2. The van der Waals surface area contributed by atoms with Crippen LogP contribution in [0.25, 0.3) is 0 Å². The number of thioether (sulfide) groups is 1. The van der Waals surface area contributed by atoms with Gasteiger partial charge in [0.05, 0.1) is 0 Å². The molecular formula is C11H14N2O2S. The monoisotopic (exact) mass is 238 g/mol. The van der Waals surface area contributed by atoms with Crippen molar-refractivity contribution in [3.05, 3.63) is 34.2 Å². The lowest BCUT2D eigenvalue weighted by Crippen LogP contribution is -2.30. The number of pyridine rings is 1. The van der Waals surface area contributed by atoms with Crippen LogP contribution in [0.1, 0.15) is 16.9 Å². The Kier molecular flexibility index (Phi) is 3.66. The minimum absolute atomic E-state index is 0.199. The van der Waals surface area contributed by atoms with Crippen molar-refractivity contribution in [2.45, 2.75) is 6.42 Å². The first-order valence-electron chi connectivity index (χ1n) is 5.31. The van der Waals surface area contributed by atoms with Gasteiger partial charge >= 0.3 is 0 Å². The Bertz CT molecular complexity index is 424. The van der Waals surface area contributed by atoms with Gasteiger partial charge in [0.15, 0.2) is 0 Å². The Hall–Kier alpha value is -1.23. The quantitative estimate of drug-likeness (QED) is 0.821. The maximum atomic E-state index is 11.7. The van der Waals surface area contributed by atoms with Gasteiger partial charge in [0.25, 0.3) is 5.91 Å². The molecule has 0 spiro atoms. The smallest absolute Gasteiger partial charge is 0.267 e. The van der Waals surface area contributed by atoms with E-state index in [1.165, 1.54) is 11.8 Å². The van der Waals surface area contributed by atoms with E-state index < -0.39 is 0 Å². The highest BCUT2D eigenvalue weighted by Gasteiger charge is 2.16. The van der Waals surface area contributed by atoms with Crippen molar-refractivity contribution in [2.24, 2.45) is 5.92 Å². The summed E-state index contributed by atoms with van der Waals surface area (Å²) >= 11 is 1.92. The lowest BCUT2D eigenvalue weighted by Gasteiger charge is -2.09. The van der Waals surface area contributed by atoms with Gasteiger partial charge < -0.3 is 10.3 Å². The predicted octanol–water partition coefficient (Wildman–Crippen LogP) is 0.858. The molecule has 0 bridgehead atoms. The van der Waals surface area contributed by atoms with Crippen LogP contribution in [0.4, 0.5) is 0 Å². The average Bonchev–Trinajstić information content (AvgIpc) is 2.78. The molecule has 1 atom stereocenters. The van der Waals surface area contributed by atoms with E-state index in [9.17, 15) is 9.59 Å². The summed E-state index contributed by atoms with van der Waals surface area (Å²) in [5.41, 5.74) is 0.0854. The summed E-state index contributed by atoms with van der Waals surface area (Å²) in [4.78, 5) is 25.2. The van der Waals surface area contributed by atoms with Crippen molar-refractivity contribution in [2.75, 3.05) is 18.1 Å². The number of rotatable bonds is 3. The fourth-order valence-corrected chi connectivity index (χ4v) is 2.94. The molecular weight excluding hydrogens is 224 g/mol. The highest BCUT2D eigenvalue weighted by atomic mass is 32.2. The van der Waals surface area contributed by atoms with E-state index in [4.69, 9.17) is 0 Å². The van der Waals surface area contributed by atoms with Crippen LogP contribution in [0, 0.1) is 5.92 Å². The molecule has 1 aromatic heterocycles. The third kappa shape index (κ3) is 2.88. The number of carbonyl (C=O) groups is 1. The van der Waals surface area contributed by atoms with Crippen molar-refractivity contribution < 1.29 is 4.79 Å². The summed E-state index contributed by atoms with van der Waals surface area (Å²) in [6.07, 6.45) is 1.16. The van der Waals surface area contributed by atoms with Crippen LogP contribution in [0.2, 0.25) is 0 Å². The van der Waals surface area contributed by atoms with Crippen molar-refractivity contribution >= 4 is 17.7 Å². The van der Waals surface area contributed by atoms with E-state index in [2.05, 4.69) is 10.3 Å².